The van der Waals surface area contributed by atoms with Gasteiger partial charge < -0.3 is 20.6 Å². The van der Waals surface area contributed by atoms with E-state index in [9.17, 15) is 9.90 Å². The highest BCUT2D eigenvalue weighted by molar-refractivity contribution is 5.85. The van der Waals surface area contributed by atoms with Crippen molar-refractivity contribution < 1.29 is 9.90 Å². The van der Waals surface area contributed by atoms with E-state index in [1.165, 1.54) is 0 Å². The molecule has 5 nitrogen and oxygen atoms in total. The van der Waals surface area contributed by atoms with Gasteiger partial charge in [-0.15, -0.1) is 24.8 Å². The summed E-state index contributed by atoms with van der Waals surface area (Å²) < 4.78 is 0. The van der Waals surface area contributed by atoms with Crippen molar-refractivity contribution in [1.29, 1.82) is 0 Å². The van der Waals surface area contributed by atoms with Crippen molar-refractivity contribution in [2.24, 2.45) is 17.1 Å². The Morgan fingerprint density at radius 3 is 2.29 bits per heavy atom. The number of nitrogens with two attached hydrogens (primary N) is 1. The molecule has 1 unspecified atom stereocenters. The molecular formula is C17H35Cl2N3O2. The van der Waals surface area contributed by atoms with Crippen LogP contribution in [0.4, 0.5) is 0 Å². The normalized spacial score (nSPS) is 22.3. The minimum atomic E-state index is -0.276. The fourth-order valence-electron chi connectivity index (χ4n) is 4.16. The van der Waals surface area contributed by atoms with Crippen LogP contribution in [-0.2, 0) is 4.79 Å². The molecule has 2 fully saturated rings. The van der Waals surface area contributed by atoms with Crippen molar-refractivity contribution in [1.82, 2.24) is 9.80 Å². The summed E-state index contributed by atoms with van der Waals surface area (Å²) in [5.74, 6) is 0.842. The number of aliphatic hydroxyl groups is 1. The van der Waals surface area contributed by atoms with Crippen LogP contribution in [0.15, 0.2) is 0 Å². The van der Waals surface area contributed by atoms with E-state index in [4.69, 9.17) is 5.73 Å². The number of rotatable bonds is 6. The number of aliphatic hydroxyl groups excluding tert-OH is 1. The minimum Gasteiger partial charge on any atom is -0.392 e. The lowest BCUT2D eigenvalue weighted by atomic mass is 9.84. The zero-order chi connectivity index (χ0) is 16.2. The van der Waals surface area contributed by atoms with Gasteiger partial charge in [0.25, 0.3) is 0 Å². The highest BCUT2D eigenvalue weighted by atomic mass is 35.5. The van der Waals surface area contributed by atoms with Gasteiger partial charge in [0.05, 0.1) is 11.5 Å². The van der Waals surface area contributed by atoms with Crippen molar-refractivity contribution in [3.63, 3.8) is 0 Å². The smallest absolute Gasteiger partial charge is 0.229 e. The van der Waals surface area contributed by atoms with E-state index in [0.29, 0.717) is 12.5 Å². The van der Waals surface area contributed by atoms with Crippen molar-refractivity contribution in [3.05, 3.63) is 0 Å². The third-order valence-corrected chi connectivity index (χ3v) is 5.51. The molecule has 1 saturated carbocycles. The maximum absolute atomic E-state index is 12.8. The van der Waals surface area contributed by atoms with Crippen LogP contribution in [0.3, 0.4) is 0 Å². The largest absolute Gasteiger partial charge is 0.392 e. The Morgan fingerprint density at radius 2 is 1.83 bits per heavy atom. The molecule has 0 spiro atoms. The number of carbonyl (C=O) groups is 1. The number of amides is 1. The highest BCUT2D eigenvalue weighted by Gasteiger charge is 2.41. The minimum absolute atomic E-state index is 0. The molecule has 0 aromatic heterocycles. The van der Waals surface area contributed by atoms with E-state index < -0.39 is 0 Å². The van der Waals surface area contributed by atoms with Crippen molar-refractivity contribution in [3.8, 4) is 0 Å². The zero-order valence-corrected chi connectivity index (χ0v) is 16.7. The van der Waals surface area contributed by atoms with E-state index in [2.05, 4.69) is 4.90 Å². The fraction of sp³-hybridized carbons (Fsp3) is 0.941. The van der Waals surface area contributed by atoms with Gasteiger partial charge in [0.2, 0.25) is 5.91 Å². The molecule has 0 aromatic carbocycles. The van der Waals surface area contributed by atoms with E-state index in [1.54, 1.807) is 0 Å². The number of likely N-dealkylation sites (tertiary alicyclic amines) is 1. The van der Waals surface area contributed by atoms with E-state index >= 15 is 0 Å². The van der Waals surface area contributed by atoms with Crippen molar-refractivity contribution in [2.75, 3.05) is 39.8 Å². The SMILES string of the molecule is CC(O)CN1CCC(CN(C)C(=O)C2(CN)CCCC2)CC1.Cl.Cl. The van der Waals surface area contributed by atoms with Gasteiger partial charge in [-0.05, 0) is 51.6 Å². The highest BCUT2D eigenvalue weighted by Crippen LogP contribution is 2.38. The topological polar surface area (TPSA) is 69.8 Å². The first-order valence-corrected chi connectivity index (χ1v) is 8.83. The van der Waals surface area contributed by atoms with Crippen LogP contribution in [0.2, 0.25) is 0 Å². The van der Waals surface area contributed by atoms with Gasteiger partial charge in [-0.2, -0.15) is 0 Å². The predicted molar refractivity (Wildman–Crippen MR) is 103 cm³/mol. The summed E-state index contributed by atoms with van der Waals surface area (Å²) in [6.45, 7) is 6.00. The van der Waals surface area contributed by atoms with Crippen LogP contribution in [-0.4, -0.2) is 66.7 Å². The average molecular weight is 384 g/mol. The molecule has 2 aliphatic rings. The molecule has 7 heteroatoms. The van der Waals surface area contributed by atoms with Gasteiger partial charge in [-0.3, -0.25) is 4.79 Å². The number of hydrogen-bond acceptors (Lipinski definition) is 4. The van der Waals surface area contributed by atoms with Crippen LogP contribution in [0.5, 0.6) is 0 Å². The molecule has 0 aromatic rings. The lowest BCUT2D eigenvalue weighted by Gasteiger charge is -2.37. The first-order chi connectivity index (χ1) is 10.5. The summed E-state index contributed by atoms with van der Waals surface area (Å²) in [5.41, 5.74) is 5.65. The van der Waals surface area contributed by atoms with Crippen LogP contribution < -0.4 is 5.73 Å². The molecule has 1 atom stereocenters. The molecule has 1 heterocycles. The second kappa shape index (κ2) is 10.8. The standard InChI is InChI=1S/C17H33N3O2.2ClH/c1-14(21)11-20-9-5-15(6-10-20)12-19(2)16(22)17(13-18)7-3-4-8-17;;/h14-15,21H,3-13,18H2,1-2H3;2*1H. The molecule has 1 saturated heterocycles. The summed E-state index contributed by atoms with van der Waals surface area (Å²) >= 11 is 0. The number of β-amino-alcohol motifs (C(OH)–C–C–N with tert-alkyl or cyclic N) is 1. The Kier molecular flexibility index (Phi) is 10.8. The van der Waals surface area contributed by atoms with E-state index in [0.717, 1.165) is 64.7 Å². The molecule has 1 aliphatic heterocycles. The Hall–Kier alpha value is -0.0700. The number of halogens is 2. The summed E-state index contributed by atoms with van der Waals surface area (Å²) in [6, 6.07) is 0. The Balaban J connectivity index is 0.00000264. The molecule has 24 heavy (non-hydrogen) atoms. The summed E-state index contributed by atoms with van der Waals surface area (Å²) in [4.78, 5) is 17.0. The number of nitrogens with zero attached hydrogens (tertiary/aromatic N) is 2. The van der Waals surface area contributed by atoms with Gasteiger partial charge in [0.1, 0.15) is 0 Å². The predicted octanol–water partition coefficient (Wildman–Crippen LogP) is 1.90. The first-order valence-electron chi connectivity index (χ1n) is 8.83. The van der Waals surface area contributed by atoms with Gasteiger partial charge in [-0.25, -0.2) is 0 Å². The Morgan fingerprint density at radius 1 is 1.29 bits per heavy atom. The Bertz CT molecular complexity index is 369. The second-order valence-electron chi connectivity index (χ2n) is 7.47. The van der Waals surface area contributed by atoms with Crippen LogP contribution >= 0.6 is 24.8 Å². The third-order valence-electron chi connectivity index (χ3n) is 5.51. The van der Waals surface area contributed by atoms with E-state index in [1.807, 2.05) is 18.9 Å². The monoisotopic (exact) mass is 383 g/mol. The lowest BCUT2D eigenvalue weighted by molar-refractivity contribution is -0.140. The van der Waals surface area contributed by atoms with Crippen LogP contribution in [0.1, 0.15) is 45.4 Å². The maximum Gasteiger partial charge on any atom is 0.229 e. The summed E-state index contributed by atoms with van der Waals surface area (Å²) in [6.07, 6.45) is 6.15. The molecule has 0 radical (unpaired) electrons. The molecule has 2 rings (SSSR count). The van der Waals surface area contributed by atoms with Crippen LogP contribution in [0.25, 0.3) is 0 Å². The second-order valence-corrected chi connectivity index (χ2v) is 7.47. The van der Waals surface area contributed by atoms with Gasteiger partial charge in [0.15, 0.2) is 0 Å². The first kappa shape index (κ1) is 23.9. The van der Waals surface area contributed by atoms with Crippen molar-refractivity contribution in [2.45, 2.75) is 51.6 Å². The summed E-state index contributed by atoms with van der Waals surface area (Å²) in [5, 5.41) is 9.46. The molecule has 144 valence electrons. The number of hydrogen-bond donors (Lipinski definition) is 2. The average Bonchev–Trinajstić information content (AvgIpc) is 2.98. The summed E-state index contributed by atoms with van der Waals surface area (Å²) in [7, 11) is 1.94. The van der Waals surface area contributed by atoms with Gasteiger partial charge in [-0.1, -0.05) is 12.8 Å². The molecule has 1 amide bonds. The van der Waals surface area contributed by atoms with Gasteiger partial charge in [0, 0.05) is 26.7 Å². The molecule has 1 aliphatic carbocycles. The van der Waals surface area contributed by atoms with Crippen LogP contribution in [0, 0.1) is 11.3 Å². The van der Waals surface area contributed by atoms with E-state index in [-0.39, 0.29) is 42.2 Å². The quantitative estimate of drug-likeness (QED) is 0.734. The molecular weight excluding hydrogens is 349 g/mol. The fourth-order valence-corrected chi connectivity index (χ4v) is 4.16. The Labute approximate surface area is 159 Å². The number of piperidine rings is 1. The zero-order valence-electron chi connectivity index (χ0n) is 15.1. The number of carbonyl (C=O) groups excluding carboxylic acids is 1. The molecule has 0 bridgehead atoms. The molecule has 3 N–H and O–H groups in total. The third kappa shape index (κ3) is 6.03. The lowest BCUT2D eigenvalue weighted by Crippen LogP contribution is -2.47. The maximum atomic E-state index is 12.8. The van der Waals surface area contributed by atoms with Gasteiger partial charge >= 0.3 is 0 Å². The van der Waals surface area contributed by atoms with Crippen molar-refractivity contribution >= 4 is 30.7 Å².